The van der Waals surface area contributed by atoms with Crippen LogP contribution in [0, 0.1) is 9.49 Å². The third-order valence-electron chi connectivity index (χ3n) is 5.15. The maximum Gasteiger partial charge on any atom is 0.231 e. The van der Waals surface area contributed by atoms with Gasteiger partial charge < -0.3 is 14.8 Å². The van der Waals surface area contributed by atoms with Gasteiger partial charge >= 0.3 is 0 Å². The van der Waals surface area contributed by atoms with E-state index < -0.39 is 0 Å². The van der Waals surface area contributed by atoms with E-state index in [1.165, 1.54) is 20.4 Å². The summed E-state index contributed by atoms with van der Waals surface area (Å²) >= 11 is 6.13. The van der Waals surface area contributed by atoms with Crippen molar-refractivity contribution in [3.63, 3.8) is 0 Å². The Morgan fingerprint density at radius 1 is 1.08 bits per heavy atom. The molecule has 1 aliphatic carbocycles. The highest BCUT2D eigenvalue weighted by Gasteiger charge is 2.39. The molecule has 3 nitrogen and oxygen atoms in total. The summed E-state index contributed by atoms with van der Waals surface area (Å²) in [6.45, 7) is 0.304. The lowest BCUT2D eigenvalue weighted by atomic mass is 9.77. The molecule has 0 spiro atoms. The molecular formula is C19H15BrINO2. The van der Waals surface area contributed by atoms with Crippen molar-refractivity contribution in [1.82, 2.24) is 0 Å². The van der Waals surface area contributed by atoms with Crippen LogP contribution in [-0.2, 0) is 0 Å². The molecular weight excluding hydrogens is 481 g/mol. The molecule has 0 saturated heterocycles. The van der Waals surface area contributed by atoms with Gasteiger partial charge in [-0.25, -0.2) is 0 Å². The zero-order valence-electron chi connectivity index (χ0n) is 12.8. The van der Waals surface area contributed by atoms with Gasteiger partial charge in [-0.1, -0.05) is 28.1 Å². The molecule has 2 aliphatic heterocycles. The van der Waals surface area contributed by atoms with E-state index in [0.29, 0.717) is 18.6 Å². The molecule has 0 aromatic heterocycles. The molecule has 0 saturated carbocycles. The van der Waals surface area contributed by atoms with Crippen LogP contribution in [0.3, 0.4) is 0 Å². The number of rotatable bonds is 1. The average molecular weight is 496 g/mol. The van der Waals surface area contributed by atoms with Crippen LogP contribution in [-0.4, -0.2) is 6.79 Å². The highest BCUT2D eigenvalue weighted by Crippen LogP contribution is 2.52. The topological polar surface area (TPSA) is 30.5 Å². The molecule has 2 aromatic carbocycles. The van der Waals surface area contributed by atoms with Gasteiger partial charge in [-0.15, -0.1) is 0 Å². The van der Waals surface area contributed by atoms with E-state index in [1.54, 1.807) is 0 Å². The SMILES string of the molecule is Brc1cc2c(cc1[C@@H]1Nc3ccc(I)cc3[C@H]3C=CC[C@H]31)OCO2. The Labute approximate surface area is 162 Å². The molecule has 3 atom stereocenters. The Balaban J connectivity index is 1.61. The standard InChI is InChI=1S/C19H15BrINO2/c20-15-8-18-17(23-9-24-18)7-14(15)19-12-3-1-2-11(12)13-6-10(21)4-5-16(13)22-19/h1-2,4-8,11-12,19,22H,3,9H2/t11-,12+,19+/m0/s1. The van der Waals surface area contributed by atoms with Crippen LogP contribution in [0.1, 0.15) is 29.5 Å². The van der Waals surface area contributed by atoms with Crippen LogP contribution in [0.5, 0.6) is 11.5 Å². The molecule has 0 amide bonds. The van der Waals surface area contributed by atoms with Crippen molar-refractivity contribution in [2.24, 2.45) is 5.92 Å². The molecule has 0 fully saturated rings. The highest BCUT2D eigenvalue weighted by molar-refractivity contribution is 14.1. The van der Waals surface area contributed by atoms with E-state index in [9.17, 15) is 0 Å². The van der Waals surface area contributed by atoms with Gasteiger partial charge in [0.05, 0.1) is 6.04 Å². The Kier molecular flexibility index (Phi) is 3.56. The largest absolute Gasteiger partial charge is 0.454 e. The monoisotopic (exact) mass is 495 g/mol. The Bertz CT molecular complexity index is 867. The average Bonchev–Trinajstić information content (AvgIpc) is 3.22. The third-order valence-corrected chi connectivity index (χ3v) is 6.51. The molecule has 5 heteroatoms. The first-order valence-electron chi connectivity index (χ1n) is 8.02. The van der Waals surface area contributed by atoms with Crippen molar-refractivity contribution < 1.29 is 9.47 Å². The summed E-state index contributed by atoms with van der Waals surface area (Å²) in [5, 5.41) is 3.77. The predicted octanol–water partition coefficient (Wildman–Crippen LogP) is 5.61. The summed E-state index contributed by atoms with van der Waals surface area (Å²) in [6, 6.07) is 11.1. The van der Waals surface area contributed by atoms with Crippen LogP contribution in [0.25, 0.3) is 0 Å². The third kappa shape index (κ3) is 2.28. The normalized spacial score (nSPS) is 26.0. The van der Waals surface area contributed by atoms with E-state index in [1.807, 2.05) is 6.07 Å². The van der Waals surface area contributed by atoms with E-state index in [-0.39, 0.29) is 6.04 Å². The molecule has 0 bridgehead atoms. The molecule has 5 rings (SSSR count). The van der Waals surface area contributed by atoms with E-state index in [0.717, 1.165) is 22.4 Å². The maximum atomic E-state index is 5.59. The van der Waals surface area contributed by atoms with Gasteiger partial charge in [0.2, 0.25) is 6.79 Å². The first kappa shape index (κ1) is 15.1. The summed E-state index contributed by atoms with van der Waals surface area (Å²) in [5.74, 6) is 2.65. The first-order valence-corrected chi connectivity index (χ1v) is 9.89. The van der Waals surface area contributed by atoms with E-state index in [4.69, 9.17) is 9.47 Å². The van der Waals surface area contributed by atoms with Gasteiger partial charge in [0.1, 0.15) is 0 Å². The van der Waals surface area contributed by atoms with Gasteiger partial charge in [0.25, 0.3) is 0 Å². The fraction of sp³-hybridized carbons (Fsp3) is 0.263. The number of anilines is 1. The fourth-order valence-electron chi connectivity index (χ4n) is 4.04. The highest BCUT2D eigenvalue weighted by atomic mass is 127. The van der Waals surface area contributed by atoms with E-state index in [2.05, 4.69) is 80.3 Å². The smallest absolute Gasteiger partial charge is 0.231 e. The molecule has 2 heterocycles. The minimum atomic E-state index is 0.251. The minimum Gasteiger partial charge on any atom is -0.454 e. The Morgan fingerprint density at radius 3 is 2.79 bits per heavy atom. The van der Waals surface area contributed by atoms with Crippen molar-refractivity contribution in [1.29, 1.82) is 0 Å². The second-order valence-electron chi connectivity index (χ2n) is 6.43. The molecule has 2 aromatic rings. The van der Waals surface area contributed by atoms with Crippen molar-refractivity contribution in [2.75, 3.05) is 12.1 Å². The molecule has 0 radical (unpaired) electrons. The summed E-state index contributed by atoms with van der Waals surface area (Å²) in [6.07, 6.45) is 5.78. The van der Waals surface area contributed by atoms with Crippen molar-refractivity contribution in [3.05, 3.63) is 61.7 Å². The first-order chi connectivity index (χ1) is 11.7. The lowest BCUT2D eigenvalue weighted by molar-refractivity contribution is 0.174. The lowest BCUT2D eigenvalue weighted by Gasteiger charge is -2.38. The molecule has 1 N–H and O–H groups in total. The summed E-state index contributed by atoms with van der Waals surface area (Å²) < 4.78 is 13.4. The predicted molar refractivity (Wildman–Crippen MR) is 106 cm³/mol. The number of ether oxygens (including phenoxy) is 2. The summed E-state index contributed by atoms with van der Waals surface area (Å²) in [7, 11) is 0. The number of hydrogen-bond acceptors (Lipinski definition) is 3. The van der Waals surface area contributed by atoms with Gasteiger partial charge in [-0.05, 0) is 76.4 Å². The number of halogens is 2. The van der Waals surface area contributed by atoms with Crippen LogP contribution < -0.4 is 14.8 Å². The number of fused-ring (bicyclic) bond motifs is 4. The second-order valence-corrected chi connectivity index (χ2v) is 8.53. The van der Waals surface area contributed by atoms with Gasteiger partial charge in [-0.2, -0.15) is 0 Å². The van der Waals surface area contributed by atoms with Gasteiger partial charge in [-0.3, -0.25) is 0 Å². The Hall–Kier alpha value is -1.21. The van der Waals surface area contributed by atoms with Crippen LogP contribution in [0.4, 0.5) is 5.69 Å². The van der Waals surface area contributed by atoms with Gasteiger partial charge in [0.15, 0.2) is 11.5 Å². The number of benzene rings is 2. The quantitative estimate of drug-likeness (QED) is 0.412. The second kappa shape index (κ2) is 5.66. The number of nitrogens with one attached hydrogen (secondary N) is 1. The van der Waals surface area contributed by atoms with Crippen molar-refractivity contribution in [2.45, 2.75) is 18.4 Å². The van der Waals surface area contributed by atoms with E-state index >= 15 is 0 Å². The molecule has 122 valence electrons. The number of allylic oxidation sites excluding steroid dienone is 2. The zero-order chi connectivity index (χ0) is 16.3. The minimum absolute atomic E-state index is 0.251. The lowest BCUT2D eigenvalue weighted by Crippen LogP contribution is -2.29. The number of hydrogen-bond donors (Lipinski definition) is 1. The van der Waals surface area contributed by atoms with Crippen LogP contribution in [0.2, 0.25) is 0 Å². The fourth-order valence-corrected chi connectivity index (χ4v) is 5.13. The zero-order valence-corrected chi connectivity index (χ0v) is 16.5. The van der Waals surface area contributed by atoms with Crippen LogP contribution in [0.15, 0.2) is 47.0 Å². The maximum absolute atomic E-state index is 5.59. The van der Waals surface area contributed by atoms with Crippen molar-refractivity contribution >= 4 is 44.2 Å². The van der Waals surface area contributed by atoms with Crippen molar-refractivity contribution in [3.8, 4) is 11.5 Å². The molecule has 24 heavy (non-hydrogen) atoms. The summed E-state index contributed by atoms with van der Waals surface area (Å²) in [4.78, 5) is 0. The Morgan fingerprint density at radius 2 is 1.92 bits per heavy atom. The summed E-state index contributed by atoms with van der Waals surface area (Å²) in [5.41, 5.74) is 3.88. The molecule has 0 unspecified atom stereocenters. The van der Waals surface area contributed by atoms with Crippen LogP contribution >= 0.6 is 38.5 Å². The molecule has 3 aliphatic rings. The van der Waals surface area contributed by atoms with Gasteiger partial charge in [0, 0.05) is 19.6 Å².